The molecule has 1 aromatic carbocycles. The quantitative estimate of drug-likeness (QED) is 0.921. The van der Waals surface area contributed by atoms with Gasteiger partial charge >= 0.3 is 0 Å². The number of carbonyl (C=O) groups excluding carboxylic acids is 1. The van der Waals surface area contributed by atoms with Crippen LogP contribution in [0.25, 0.3) is 0 Å². The van der Waals surface area contributed by atoms with Gasteiger partial charge < -0.3 is 10.2 Å². The number of nitrogens with one attached hydrogen (secondary N) is 1. The predicted octanol–water partition coefficient (Wildman–Crippen LogP) is 2.14. The van der Waals surface area contributed by atoms with Gasteiger partial charge in [0.25, 0.3) is 0 Å². The van der Waals surface area contributed by atoms with Gasteiger partial charge in [-0.3, -0.25) is 9.69 Å². The number of likely N-dealkylation sites (tertiary alicyclic amines) is 1. The topological polar surface area (TPSA) is 35.6 Å². The molecule has 0 bridgehead atoms. The summed E-state index contributed by atoms with van der Waals surface area (Å²) in [5.41, 5.74) is 2.28. The van der Waals surface area contributed by atoms with Gasteiger partial charge in [-0.2, -0.15) is 0 Å². The second kappa shape index (κ2) is 6.06. The maximum absolute atomic E-state index is 12.8. The number of carbonyl (C=O) groups is 1. The maximum atomic E-state index is 12.8. The van der Waals surface area contributed by atoms with E-state index in [9.17, 15) is 4.79 Å². The first-order valence-electron chi connectivity index (χ1n) is 8.10. The number of rotatable bonds is 4. The van der Waals surface area contributed by atoms with E-state index in [0.717, 1.165) is 50.4 Å². The largest absolute Gasteiger partial charge is 0.384 e. The molecule has 2 aliphatic rings. The molecule has 21 heavy (non-hydrogen) atoms. The minimum absolute atomic E-state index is 0.00310. The Morgan fingerprint density at radius 3 is 2.86 bits per heavy atom. The molecule has 3 rings (SSSR count). The summed E-state index contributed by atoms with van der Waals surface area (Å²) in [7, 11) is 0. The molecule has 2 heterocycles. The molecule has 4 heteroatoms. The van der Waals surface area contributed by atoms with Crippen molar-refractivity contribution in [2.75, 3.05) is 38.0 Å². The van der Waals surface area contributed by atoms with Crippen molar-refractivity contribution >= 4 is 11.6 Å². The second-order valence-electron chi connectivity index (χ2n) is 5.97. The van der Waals surface area contributed by atoms with E-state index in [1.165, 1.54) is 0 Å². The van der Waals surface area contributed by atoms with Crippen LogP contribution in [0.3, 0.4) is 0 Å². The van der Waals surface area contributed by atoms with Crippen molar-refractivity contribution in [3.63, 3.8) is 0 Å². The lowest BCUT2D eigenvalue weighted by molar-refractivity contribution is -0.131. The molecule has 1 amide bonds. The van der Waals surface area contributed by atoms with Crippen molar-refractivity contribution < 1.29 is 4.79 Å². The minimum Gasteiger partial charge on any atom is -0.384 e. The summed E-state index contributed by atoms with van der Waals surface area (Å²) in [6, 6.07) is 8.72. The van der Waals surface area contributed by atoms with Crippen molar-refractivity contribution in [2.24, 2.45) is 0 Å². The molecule has 1 N–H and O–H groups in total. The molecule has 0 spiro atoms. The third-order valence-corrected chi connectivity index (χ3v) is 4.93. The summed E-state index contributed by atoms with van der Waals surface area (Å²) in [4.78, 5) is 17.4. The molecule has 2 unspecified atom stereocenters. The van der Waals surface area contributed by atoms with Crippen molar-refractivity contribution in [1.82, 2.24) is 9.80 Å². The lowest BCUT2D eigenvalue weighted by atomic mass is 10.00. The van der Waals surface area contributed by atoms with E-state index < -0.39 is 0 Å². The van der Waals surface area contributed by atoms with E-state index in [0.29, 0.717) is 11.9 Å². The Hall–Kier alpha value is -1.55. The zero-order valence-corrected chi connectivity index (χ0v) is 13.0. The summed E-state index contributed by atoms with van der Waals surface area (Å²) in [6.45, 7) is 9.06. The van der Waals surface area contributed by atoms with Gasteiger partial charge in [0.1, 0.15) is 0 Å². The summed E-state index contributed by atoms with van der Waals surface area (Å²) in [5.74, 6) is 0.291. The average molecular weight is 287 g/mol. The predicted molar refractivity (Wildman–Crippen MR) is 85.6 cm³/mol. The lowest BCUT2D eigenvalue weighted by Gasteiger charge is -2.26. The number of nitrogens with zero attached hydrogens (tertiary/aromatic N) is 2. The molecule has 0 aliphatic carbocycles. The van der Waals surface area contributed by atoms with Gasteiger partial charge in [0.05, 0.1) is 5.92 Å². The van der Waals surface area contributed by atoms with E-state index in [4.69, 9.17) is 0 Å². The first-order valence-corrected chi connectivity index (χ1v) is 8.10. The van der Waals surface area contributed by atoms with Gasteiger partial charge in [-0.25, -0.2) is 0 Å². The van der Waals surface area contributed by atoms with E-state index >= 15 is 0 Å². The van der Waals surface area contributed by atoms with Crippen LogP contribution < -0.4 is 5.32 Å². The Bertz CT molecular complexity index is 513. The van der Waals surface area contributed by atoms with Crippen LogP contribution in [0.4, 0.5) is 5.69 Å². The van der Waals surface area contributed by atoms with E-state index in [-0.39, 0.29) is 5.92 Å². The number of anilines is 1. The molecule has 0 aromatic heterocycles. The molecule has 4 nitrogen and oxygen atoms in total. The number of amides is 1. The number of hydrogen-bond acceptors (Lipinski definition) is 3. The molecule has 0 radical (unpaired) electrons. The van der Waals surface area contributed by atoms with Crippen molar-refractivity contribution in [3.05, 3.63) is 29.8 Å². The highest BCUT2D eigenvalue weighted by atomic mass is 16.2. The van der Waals surface area contributed by atoms with Gasteiger partial charge in [0, 0.05) is 31.4 Å². The highest BCUT2D eigenvalue weighted by Crippen LogP contribution is 2.33. The van der Waals surface area contributed by atoms with Crippen LogP contribution in [0.15, 0.2) is 24.3 Å². The van der Waals surface area contributed by atoms with Crippen molar-refractivity contribution in [1.29, 1.82) is 0 Å². The summed E-state index contributed by atoms with van der Waals surface area (Å²) < 4.78 is 0. The van der Waals surface area contributed by atoms with Gasteiger partial charge in [-0.15, -0.1) is 0 Å². The molecule has 1 aromatic rings. The van der Waals surface area contributed by atoms with Gasteiger partial charge in [0.15, 0.2) is 0 Å². The third kappa shape index (κ3) is 2.64. The minimum atomic E-state index is -0.00310. The number of hydrogen-bond donors (Lipinski definition) is 1. The average Bonchev–Trinajstić information content (AvgIpc) is 3.15. The van der Waals surface area contributed by atoms with Gasteiger partial charge in [0.2, 0.25) is 5.91 Å². The summed E-state index contributed by atoms with van der Waals surface area (Å²) >= 11 is 0. The number of para-hydroxylation sites is 1. The monoisotopic (exact) mass is 287 g/mol. The number of benzene rings is 1. The van der Waals surface area contributed by atoms with Crippen LogP contribution in [-0.4, -0.2) is 54.5 Å². The second-order valence-corrected chi connectivity index (χ2v) is 5.97. The van der Waals surface area contributed by atoms with Crippen LogP contribution in [-0.2, 0) is 4.79 Å². The SMILES string of the molecule is CCN(CC)C1CCN(C(=O)C2CNc3ccccc32)C1. The van der Waals surface area contributed by atoms with Crippen LogP contribution in [0.5, 0.6) is 0 Å². The Morgan fingerprint density at radius 1 is 1.33 bits per heavy atom. The van der Waals surface area contributed by atoms with Crippen LogP contribution in [0.1, 0.15) is 31.7 Å². The smallest absolute Gasteiger partial charge is 0.232 e. The first kappa shape index (κ1) is 14.4. The zero-order valence-electron chi connectivity index (χ0n) is 13.0. The molecule has 2 atom stereocenters. The number of fused-ring (bicyclic) bond motifs is 1. The summed E-state index contributed by atoms with van der Waals surface area (Å²) in [6.07, 6.45) is 1.11. The Kier molecular flexibility index (Phi) is 4.15. The van der Waals surface area contributed by atoms with Crippen molar-refractivity contribution in [2.45, 2.75) is 32.2 Å². The zero-order chi connectivity index (χ0) is 14.8. The van der Waals surface area contributed by atoms with Crippen LogP contribution >= 0.6 is 0 Å². The first-order chi connectivity index (χ1) is 10.2. The molecular weight excluding hydrogens is 262 g/mol. The fraction of sp³-hybridized carbons (Fsp3) is 0.588. The standard InChI is InChI=1S/C17H25N3O/c1-3-19(4-2)13-9-10-20(12-13)17(21)15-11-18-16-8-6-5-7-14(15)16/h5-8,13,15,18H,3-4,9-12H2,1-2H3. The fourth-order valence-electron chi connectivity index (χ4n) is 3.70. The Balaban J connectivity index is 1.68. The third-order valence-electron chi connectivity index (χ3n) is 4.93. The highest BCUT2D eigenvalue weighted by Gasteiger charge is 2.36. The lowest BCUT2D eigenvalue weighted by Crippen LogP contribution is -2.40. The van der Waals surface area contributed by atoms with Gasteiger partial charge in [-0.1, -0.05) is 32.0 Å². The Labute approximate surface area is 127 Å². The fourth-order valence-corrected chi connectivity index (χ4v) is 3.70. The molecule has 0 saturated carbocycles. The van der Waals surface area contributed by atoms with E-state index in [2.05, 4.69) is 41.1 Å². The van der Waals surface area contributed by atoms with Crippen LogP contribution in [0.2, 0.25) is 0 Å². The van der Waals surface area contributed by atoms with E-state index in [1.54, 1.807) is 0 Å². The maximum Gasteiger partial charge on any atom is 0.232 e. The van der Waals surface area contributed by atoms with Crippen molar-refractivity contribution in [3.8, 4) is 0 Å². The molecule has 1 saturated heterocycles. The molecule has 1 fully saturated rings. The highest BCUT2D eigenvalue weighted by molar-refractivity contribution is 5.88. The normalized spacial score (nSPS) is 24.2. The number of likely N-dealkylation sites (N-methyl/N-ethyl adjacent to an activating group) is 1. The molecule has 114 valence electrons. The molecular formula is C17H25N3O. The Morgan fingerprint density at radius 2 is 2.10 bits per heavy atom. The van der Waals surface area contributed by atoms with Crippen LogP contribution in [0, 0.1) is 0 Å². The molecule has 2 aliphatic heterocycles. The van der Waals surface area contributed by atoms with E-state index in [1.807, 2.05) is 12.1 Å². The summed E-state index contributed by atoms with van der Waals surface area (Å²) in [5, 5.41) is 3.35. The van der Waals surface area contributed by atoms with Gasteiger partial charge in [-0.05, 0) is 31.1 Å².